The average Bonchev–Trinajstić information content (AvgIpc) is 2.49. The van der Waals surface area contributed by atoms with Crippen LogP contribution in [0.3, 0.4) is 0 Å². The van der Waals surface area contributed by atoms with Crippen molar-refractivity contribution in [1.82, 2.24) is 5.32 Å². The van der Waals surface area contributed by atoms with Crippen LogP contribution in [0.5, 0.6) is 5.75 Å². The summed E-state index contributed by atoms with van der Waals surface area (Å²) in [5, 5.41) is 4.41. The Labute approximate surface area is 142 Å². The first-order valence-electron chi connectivity index (χ1n) is 7.78. The molecule has 0 saturated heterocycles. The van der Waals surface area contributed by atoms with Gasteiger partial charge in [0.1, 0.15) is 5.75 Å². The maximum atomic E-state index is 5.30. The maximum absolute atomic E-state index is 5.30. The molecule has 0 fully saturated rings. The van der Waals surface area contributed by atoms with Gasteiger partial charge < -0.3 is 10.1 Å². The molecule has 0 bridgehead atoms. The average molecular weight is 374 g/mol. The number of rotatable bonds is 10. The zero-order valence-corrected chi connectivity index (χ0v) is 16.0. The van der Waals surface area contributed by atoms with E-state index in [9.17, 15) is 0 Å². The number of hydrogen-bond acceptors (Lipinski definition) is 3. The molecule has 0 heterocycles. The van der Waals surface area contributed by atoms with E-state index in [-0.39, 0.29) is 0 Å². The third-order valence-electron chi connectivity index (χ3n) is 3.54. The highest BCUT2D eigenvalue weighted by Gasteiger charge is 2.12. The number of halogens is 1. The third kappa shape index (κ3) is 7.07. The summed E-state index contributed by atoms with van der Waals surface area (Å²) in [6.45, 7) is 7.87. The summed E-state index contributed by atoms with van der Waals surface area (Å²) in [6, 6.07) is 6.91. The highest BCUT2D eigenvalue weighted by atomic mass is 79.9. The SMILES string of the molecule is CCCNC(CSC(C)CC)Cc1ccc(OC)c(Br)c1. The van der Waals surface area contributed by atoms with Gasteiger partial charge in [0.2, 0.25) is 0 Å². The molecule has 1 aromatic carbocycles. The quantitative estimate of drug-likeness (QED) is 0.629. The predicted molar refractivity (Wildman–Crippen MR) is 98.7 cm³/mol. The number of hydrogen-bond donors (Lipinski definition) is 1. The first-order valence-corrected chi connectivity index (χ1v) is 9.62. The van der Waals surface area contributed by atoms with Gasteiger partial charge in [-0.25, -0.2) is 0 Å². The summed E-state index contributed by atoms with van der Waals surface area (Å²) in [5.41, 5.74) is 1.35. The fourth-order valence-corrected chi connectivity index (χ4v) is 3.68. The molecular weight excluding hydrogens is 346 g/mol. The largest absolute Gasteiger partial charge is 0.496 e. The summed E-state index contributed by atoms with van der Waals surface area (Å²) in [5.74, 6) is 2.06. The molecule has 0 aliphatic heterocycles. The van der Waals surface area contributed by atoms with Crippen molar-refractivity contribution in [3.8, 4) is 5.75 Å². The number of thioether (sulfide) groups is 1. The van der Waals surface area contributed by atoms with Crippen LogP contribution in [0.25, 0.3) is 0 Å². The van der Waals surface area contributed by atoms with E-state index in [4.69, 9.17) is 4.74 Å². The Bertz CT molecular complexity index is 414. The van der Waals surface area contributed by atoms with E-state index in [2.05, 4.69) is 65.9 Å². The summed E-state index contributed by atoms with van der Waals surface area (Å²) in [7, 11) is 1.70. The van der Waals surface area contributed by atoms with E-state index in [1.807, 2.05) is 6.07 Å². The molecular formula is C17H28BrNOS. The first-order chi connectivity index (χ1) is 10.1. The van der Waals surface area contributed by atoms with Crippen LogP contribution in [0.2, 0.25) is 0 Å². The van der Waals surface area contributed by atoms with E-state index in [1.54, 1.807) is 7.11 Å². The molecule has 2 nitrogen and oxygen atoms in total. The van der Waals surface area contributed by atoms with Crippen molar-refractivity contribution in [1.29, 1.82) is 0 Å². The van der Waals surface area contributed by atoms with Crippen molar-refractivity contribution in [2.75, 3.05) is 19.4 Å². The minimum absolute atomic E-state index is 0.532. The molecule has 2 atom stereocenters. The van der Waals surface area contributed by atoms with Crippen molar-refractivity contribution in [3.63, 3.8) is 0 Å². The van der Waals surface area contributed by atoms with Gasteiger partial charge >= 0.3 is 0 Å². The molecule has 0 spiro atoms. The third-order valence-corrected chi connectivity index (χ3v) is 5.66. The van der Waals surface area contributed by atoms with Crippen LogP contribution in [0.1, 0.15) is 39.2 Å². The molecule has 4 heteroatoms. The molecule has 0 radical (unpaired) electrons. The fraction of sp³-hybridized carbons (Fsp3) is 0.647. The number of nitrogens with one attached hydrogen (secondary N) is 1. The smallest absolute Gasteiger partial charge is 0.133 e. The zero-order chi connectivity index (χ0) is 15.7. The van der Waals surface area contributed by atoms with Crippen LogP contribution in [0.15, 0.2) is 22.7 Å². The van der Waals surface area contributed by atoms with Crippen molar-refractivity contribution in [2.24, 2.45) is 0 Å². The van der Waals surface area contributed by atoms with Crippen molar-refractivity contribution < 1.29 is 4.74 Å². The molecule has 2 unspecified atom stereocenters. The normalized spacial score (nSPS) is 14.0. The lowest BCUT2D eigenvalue weighted by atomic mass is 10.1. The van der Waals surface area contributed by atoms with E-state index < -0.39 is 0 Å². The van der Waals surface area contributed by atoms with Crippen molar-refractivity contribution >= 4 is 27.7 Å². The second kappa shape index (κ2) is 10.5. The minimum atomic E-state index is 0.532. The van der Waals surface area contributed by atoms with E-state index in [1.165, 1.54) is 24.2 Å². The Morgan fingerprint density at radius 2 is 2.10 bits per heavy atom. The molecule has 1 rings (SSSR count). The Morgan fingerprint density at radius 3 is 2.67 bits per heavy atom. The Hall–Kier alpha value is -0.190. The summed E-state index contributed by atoms with van der Waals surface area (Å²) < 4.78 is 6.33. The van der Waals surface area contributed by atoms with E-state index in [0.29, 0.717) is 6.04 Å². The lowest BCUT2D eigenvalue weighted by Gasteiger charge is -2.20. The molecule has 1 N–H and O–H groups in total. The molecule has 0 amide bonds. The van der Waals surface area contributed by atoms with Gasteiger partial charge in [0.05, 0.1) is 11.6 Å². The molecule has 0 aliphatic rings. The standard InChI is InChI=1S/C17H28BrNOS/c1-5-9-19-15(12-21-13(3)6-2)10-14-7-8-17(20-4)16(18)11-14/h7-8,11,13,15,19H,5-6,9-10,12H2,1-4H3. The summed E-state index contributed by atoms with van der Waals surface area (Å²) >= 11 is 5.64. The van der Waals surface area contributed by atoms with Gasteiger partial charge in [-0.05, 0) is 59.4 Å². The minimum Gasteiger partial charge on any atom is -0.496 e. The fourth-order valence-electron chi connectivity index (χ4n) is 2.06. The van der Waals surface area contributed by atoms with Gasteiger partial charge in [-0.3, -0.25) is 0 Å². The highest BCUT2D eigenvalue weighted by molar-refractivity contribution is 9.10. The van der Waals surface area contributed by atoms with E-state index >= 15 is 0 Å². The highest BCUT2D eigenvalue weighted by Crippen LogP contribution is 2.26. The second-order valence-corrected chi connectivity index (χ2v) is 7.70. The van der Waals surface area contributed by atoms with Crippen LogP contribution in [-0.2, 0) is 6.42 Å². The Morgan fingerprint density at radius 1 is 1.33 bits per heavy atom. The number of ether oxygens (including phenoxy) is 1. The molecule has 1 aromatic rings. The van der Waals surface area contributed by atoms with Gasteiger partial charge in [0.25, 0.3) is 0 Å². The zero-order valence-electron chi connectivity index (χ0n) is 13.6. The molecule has 0 aliphatic carbocycles. The van der Waals surface area contributed by atoms with Crippen LogP contribution >= 0.6 is 27.7 Å². The van der Waals surface area contributed by atoms with Crippen LogP contribution in [0.4, 0.5) is 0 Å². The number of methoxy groups -OCH3 is 1. The molecule has 0 saturated carbocycles. The second-order valence-electron chi connectivity index (χ2n) is 5.38. The number of benzene rings is 1. The van der Waals surface area contributed by atoms with E-state index in [0.717, 1.165) is 28.4 Å². The molecule has 21 heavy (non-hydrogen) atoms. The van der Waals surface area contributed by atoms with Crippen molar-refractivity contribution in [3.05, 3.63) is 28.2 Å². The van der Waals surface area contributed by atoms with Gasteiger partial charge in [0.15, 0.2) is 0 Å². The van der Waals surface area contributed by atoms with Gasteiger partial charge in [-0.2, -0.15) is 11.8 Å². The topological polar surface area (TPSA) is 21.3 Å². The van der Waals surface area contributed by atoms with Crippen LogP contribution in [0, 0.1) is 0 Å². The lowest BCUT2D eigenvalue weighted by molar-refractivity contribution is 0.412. The lowest BCUT2D eigenvalue weighted by Crippen LogP contribution is -2.34. The van der Waals surface area contributed by atoms with Gasteiger partial charge in [-0.1, -0.05) is 26.8 Å². The first kappa shape index (κ1) is 18.9. The van der Waals surface area contributed by atoms with Gasteiger partial charge in [0, 0.05) is 17.0 Å². The summed E-state index contributed by atoms with van der Waals surface area (Å²) in [4.78, 5) is 0. The van der Waals surface area contributed by atoms with Crippen molar-refractivity contribution in [2.45, 2.75) is 51.3 Å². The monoisotopic (exact) mass is 373 g/mol. The Balaban J connectivity index is 2.63. The maximum Gasteiger partial charge on any atom is 0.133 e. The Kier molecular flexibility index (Phi) is 9.45. The molecule has 120 valence electrons. The van der Waals surface area contributed by atoms with Crippen LogP contribution < -0.4 is 10.1 Å². The molecule has 0 aromatic heterocycles. The predicted octanol–water partition coefficient (Wildman–Crippen LogP) is 4.90. The summed E-state index contributed by atoms with van der Waals surface area (Å²) in [6.07, 6.45) is 3.47. The van der Waals surface area contributed by atoms with Crippen LogP contribution in [-0.4, -0.2) is 30.7 Å². The van der Waals surface area contributed by atoms with Gasteiger partial charge in [-0.15, -0.1) is 0 Å².